The van der Waals surface area contributed by atoms with Crippen LogP contribution in [0.3, 0.4) is 0 Å². The highest BCUT2D eigenvalue weighted by Crippen LogP contribution is 2.27. The summed E-state index contributed by atoms with van der Waals surface area (Å²) in [6, 6.07) is 12.6. The van der Waals surface area contributed by atoms with Crippen LogP contribution in [0.1, 0.15) is 25.7 Å². The van der Waals surface area contributed by atoms with Crippen LogP contribution in [-0.2, 0) is 10.0 Å². The fourth-order valence-corrected chi connectivity index (χ4v) is 5.66. The molecular formula is C24H23ClFN7O2S. The Balaban J connectivity index is 1.25. The molecule has 1 fully saturated rings. The minimum absolute atomic E-state index is 0.00277. The minimum Gasteiger partial charge on any atom is -0.351 e. The van der Waals surface area contributed by atoms with Gasteiger partial charge in [-0.15, -0.1) is 0 Å². The molecule has 1 aliphatic carbocycles. The zero-order valence-electron chi connectivity index (χ0n) is 19.0. The van der Waals surface area contributed by atoms with E-state index in [1.165, 1.54) is 18.5 Å². The van der Waals surface area contributed by atoms with E-state index >= 15 is 0 Å². The van der Waals surface area contributed by atoms with E-state index in [9.17, 15) is 12.8 Å². The van der Waals surface area contributed by atoms with Crippen molar-refractivity contribution in [2.75, 3.05) is 10.6 Å². The zero-order chi connectivity index (χ0) is 25.1. The summed E-state index contributed by atoms with van der Waals surface area (Å²) < 4.78 is 41.5. The first-order valence-electron chi connectivity index (χ1n) is 11.4. The van der Waals surface area contributed by atoms with Crippen molar-refractivity contribution in [1.82, 2.24) is 24.7 Å². The van der Waals surface area contributed by atoms with E-state index in [1.807, 2.05) is 0 Å². The van der Waals surface area contributed by atoms with Crippen LogP contribution in [0.2, 0.25) is 5.02 Å². The van der Waals surface area contributed by atoms with E-state index in [0.29, 0.717) is 41.3 Å². The van der Waals surface area contributed by atoms with Crippen LogP contribution >= 0.6 is 11.6 Å². The van der Waals surface area contributed by atoms with E-state index < -0.39 is 15.8 Å². The molecule has 0 atom stereocenters. The molecule has 36 heavy (non-hydrogen) atoms. The fraction of sp³-hybridized carbons (Fsp3) is 0.250. The average Bonchev–Trinajstić information content (AvgIpc) is 2.88. The number of nitrogens with one attached hydrogen (secondary N) is 3. The first kappa shape index (κ1) is 24.3. The van der Waals surface area contributed by atoms with Gasteiger partial charge in [-0.1, -0.05) is 29.8 Å². The lowest BCUT2D eigenvalue weighted by molar-refractivity contribution is 0.386. The molecule has 0 aliphatic heterocycles. The number of sulfonamides is 1. The lowest BCUT2D eigenvalue weighted by Crippen LogP contribution is -2.40. The molecule has 186 valence electrons. The smallest absolute Gasteiger partial charge is 0.240 e. The van der Waals surface area contributed by atoms with Gasteiger partial charge in [0.05, 0.1) is 16.1 Å². The highest BCUT2D eigenvalue weighted by molar-refractivity contribution is 7.89. The van der Waals surface area contributed by atoms with Gasteiger partial charge in [0.2, 0.25) is 16.0 Å². The molecule has 5 rings (SSSR count). The van der Waals surface area contributed by atoms with Crippen LogP contribution in [0, 0.1) is 5.82 Å². The minimum atomic E-state index is -3.54. The summed E-state index contributed by atoms with van der Waals surface area (Å²) in [5, 5.41) is 6.44. The maximum Gasteiger partial charge on any atom is 0.240 e. The standard InChI is InChI=1S/C24H23ClFN7O2S/c25-19-12-17(10-11-20(19)26)30-23-22-21(28-14-29-23)13-27-24(32-22)31-15-6-8-16(9-7-15)33-36(34,35)18-4-2-1-3-5-18/h1-5,10-16,33H,6-9H2,(H,27,31,32)(H,28,29,30). The van der Waals surface area contributed by atoms with Crippen molar-refractivity contribution in [1.29, 1.82) is 0 Å². The van der Waals surface area contributed by atoms with Gasteiger partial charge in [-0.2, -0.15) is 0 Å². The van der Waals surface area contributed by atoms with Crippen molar-refractivity contribution in [3.8, 4) is 0 Å². The molecule has 9 nitrogen and oxygen atoms in total. The maximum absolute atomic E-state index is 13.5. The summed E-state index contributed by atoms with van der Waals surface area (Å²) >= 11 is 5.89. The Morgan fingerprint density at radius 3 is 2.44 bits per heavy atom. The molecule has 0 spiro atoms. The topological polar surface area (TPSA) is 122 Å². The summed E-state index contributed by atoms with van der Waals surface area (Å²) in [5.74, 6) is 0.351. The van der Waals surface area contributed by atoms with Gasteiger partial charge in [-0.05, 0) is 56.0 Å². The van der Waals surface area contributed by atoms with E-state index in [-0.39, 0.29) is 22.0 Å². The molecule has 0 unspecified atom stereocenters. The SMILES string of the molecule is O=S(=O)(NC1CCC(Nc2ncc3ncnc(Nc4ccc(F)c(Cl)c4)c3n2)CC1)c1ccccc1. The Bertz CT molecular complexity index is 1480. The molecule has 12 heteroatoms. The first-order chi connectivity index (χ1) is 17.4. The van der Waals surface area contributed by atoms with Gasteiger partial charge in [0.25, 0.3) is 0 Å². The van der Waals surface area contributed by atoms with Crippen molar-refractivity contribution in [2.45, 2.75) is 42.7 Å². The fourth-order valence-electron chi connectivity index (χ4n) is 4.15. The number of nitrogens with zero attached hydrogens (tertiary/aromatic N) is 4. The summed E-state index contributed by atoms with van der Waals surface area (Å²) in [5.41, 5.74) is 1.61. The van der Waals surface area contributed by atoms with E-state index in [2.05, 4.69) is 35.3 Å². The van der Waals surface area contributed by atoms with Gasteiger partial charge in [0, 0.05) is 17.8 Å². The molecule has 4 aromatic rings. The number of halogens is 2. The Morgan fingerprint density at radius 1 is 0.944 bits per heavy atom. The number of rotatable bonds is 7. The molecule has 0 amide bonds. The van der Waals surface area contributed by atoms with Crippen LogP contribution in [0.25, 0.3) is 11.0 Å². The van der Waals surface area contributed by atoms with E-state index in [1.54, 1.807) is 42.6 Å². The summed E-state index contributed by atoms with van der Waals surface area (Å²) in [6.07, 6.45) is 5.90. The summed E-state index contributed by atoms with van der Waals surface area (Å²) in [6.45, 7) is 0. The van der Waals surface area contributed by atoms with Gasteiger partial charge in [-0.25, -0.2) is 37.5 Å². The van der Waals surface area contributed by atoms with Crippen LogP contribution < -0.4 is 15.4 Å². The zero-order valence-corrected chi connectivity index (χ0v) is 20.6. The number of hydrogen-bond acceptors (Lipinski definition) is 8. The summed E-state index contributed by atoms with van der Waals surface area (Å²) in [7, 11) is -3.54. The first-order valence-corrected chi connectivity index (χ1v) is 13.3. The van der Waals surface area contributed by atoms with Gasteiger partial charge >= 0.3 is 0 Å². The van der Waals surface area contributed by atoms with Crippen LogP contribution in [-0.4, -0.2) is 40.4 Å². The van der Waals surface area contributed by atoms with Crippen LogP contribution in [0.15, 0.2) is 66.0 Å². The number of anilines is 3. The number of benzene rings is 2. The number of fused-ring (bicyclic) bond motifs is 1. The lowest BCUT2D eigenvalue weighted by Gasteiger charge is -2.29. The Hall–Kier alpha value is -3.41. The Kier molecular flexibility index (Phi) is 6.95. The van der Waals surface area contributed by atoms with E-state index in [0.717, 1.165) is 12.8 Å². The molecule has 2 aromatic carbocycles. The maximum atomic E-state index is 13.5. The molecule has 0 bridgehead atoms. The molecule has 0 radical (unpaired) electrons. The van der Waals surface area contributed by atoms with E-state index in [4.69, 9.17) is 11.6 Å². The molecule has 2 heterocycles. The Labute approximate surface area is 212 Å². The lowest BCUT2D eigenvalue weighted by atomic mass is 9.92. The van der Waals surface area contributed by atoms with Crippen molar-refractivity contribution < 1.29 is 12.8 Å². The van der Waals surface area contributed by atoms with Gasteiger partial charge in [0.15, 0.2) is 5.82 Å². The molecular weight excluding hydrogens is 505 g/mol. The van der Waals surface area contributed by atoms with Crippen molar-refractivity contribution in [3.63, 3.8) is 0 Å². The molecule has 0 saturated heterocycles. The molecule has 2 aromatic heterocycles. The van der Waals surface area contributed by atoms with Crippen molar-refractivity contribution in [3.05, 3.63) is 71.9 Å². The second kappa shape index (κ2) is 10.3. The normalized spacial score (nSPS) is 18.2. The van der Waals surface area contributed by atoms with Gasteiger partial charge in [0.1, 0.15) is 23.2 Å². The van der Waals surface area contributed by atoms with Crippen molar-refractivity contribution >= 4 is 50.1 Å². The third-order valence-electron chi connectivity index (χ3n) is 6.00. The molecule has 1 aliphatic rings. The third kappa shape index (κ3) is 5.53. The summed E-state index contributed by atoms with van der Waals surface area (Å²) in [4.78, 5) is 17.7. The highest BCUT2D eigenvalue weighted by Gasteiger charge is 2.26. The second-order valence-corrected chi connectivity index (χ2v) is 10.7. The Morgan fingerprint density at radius 2 is 1.69 bits per heavy atom. The van der Waals surface area contributed by atoms with Crippen LogP contribution in [0.4, 0.5) is 21.8 Å². The van der Waals surface area contributed by atoms with Crippen LogP contribution in [0.5, 0.6) is 0 Å². The average molecular weight is 528 g/mol. The predicted octanol–water partition coefficient (Wildman–Crippen LogP) is 4.66. The van der Waals surface area contributed by atoms with Gasteiger partial charge < -0.3 is 10.6 Å². The highest BCUT2D eigenvalue weighted by atomic mass is 35.5. The molecule has 1 saturated carbocycles. The quantitative estimate of drug-likeness (QED) is 0.317. The predicted molar refractivity (Wildman–Crippen MR) is 136 cm³/mol. The third-order valence-corrected chi connectivity index (χ3v) is 7.82. The number of aromatic nitrogens is 4. The largest absolute Gasteiger partial charge is 0.351 e. The van der Waals surface area contributed by atoms with Gasteiger partial charge in [-0.3, -0.25) is 0 Å². The molecule has 3 N–H and O–H groups in total. The van der Waals surface area contributed by atoms with Crippen molar-refractivity contribution in [2.24, 2.45) is 0 Å². The second-order valence-electron chi connectivity index (χ2n) is 8.53. The monoisotopic (exact) mass is 527 g/mol. The number of hydrogen-bond donors (Lipinski definition) is 3.